The molecule has 0 rings (SSSR count). The molecule has 0 aliphatic heterocycles. The molecule has 0 bridgehead atoms. The molecule has 31 valence electrons. The first-order valence-electron chi connectivity index (χ1n) is 0. The van der Waals surface area contributed by atoms with E-state index >= 15 is 0 Å². The van der Waals surface area contributed by atoms with Crippen molar-refractivity contribution in [1.29, 1.82) is 0 Å². The zero-order valence-corrected chi connectivity index (χ0v) is 7.00. The maximum atomic E-state index is 0. The molecule has 1 radical (unpaired) electrons. The molecule has 0 fully saturated rings. The third kappa shape index (κ3) is 8.82. The van der Waals surface area contributed by atoms with E-state index in [1.807, 2.05) is 0 Å². The van der Waals surface area contributed by atoms with Gasteiger partial charge in [0, 0.05) is 50.6 Å². The fraction of sp³-hybridized carbons (Fsp3) is 0. The molecular weight excluding hydrogens is 201 g/mol. The molecule has 0 saturated carbocycles. The van der Waals surface area contributed by atoms with Crippen LogP contribution >= 0.6 is 0 Å². The molecule has 4 heavy (non-hydrogen) atoms. The molecule has 0 saturated heterocycles. The van der Waals surface area contributed by atoms with Crippen LogP contribution < -0.4 is 29.6 Å². The molecule has 0 aromatic rings. The number of rotatable bonds is 0. The van der Waals surface area contributed by atoms with E-state index in [1.54, 1.807) is 0 Å². The van der Waals surface area contributed by atoms with Crippen molar-refractivity contribution in [3.63, 3.8) is 0 Å². The average molecular weight is 202 g/mol. The first-order chi connectivity index (χ1) is 0. The van der Waals surface area contributed by atoms with Gasteiger partial charge in [-0.05, 0) is 0 Å². The molecule has 0 unspecified atom stereocenters. The maximum Gasteiger partial charge on any atom is 1.00 e. The van der Waals surface area contributed by atoms with Crippen LogP contribution in [0.15, 0.2) is 0 Å². The Kier molecular flexibility index (Phi) is 138. The second-order valence-corrected chi connectivity index (χ2v) is 0. The second kappa shape index (κ2) is 17.7. The van der Waals surface area contributed by atoms with Gasteiger partial charge in [0.05, 0.1) is 0 Å². The monoisotopic (exact) mass is 201 g/mol. The van der Waals surface area contributed by atoms with E-state index in [0.29, 0.717) is 0 Å². The standard InChI is InChI=1S/Cu.Fe.Na.Ni.H/q;;+1;;-1. The van der Waals surface area contributed by atoms with Crippen molar-refractivity contribution in [1.82, 2.24) is 0 Å². The van der Waals surface area contributed by atoms with Crippen LogP contribution in [0.4, 0.5) is 0 Å². The SMILES string of the molecule is [Cu].[Fe].[H-].[Na+].[Ni]. The van der Waals surface area contributed by atoms with Crippen LogP contribution in [0.2, 0.25) is 0 Å². The Bertz CT molecular complexity index is 11.6. The summed E-state index contributed by atoms with van der Waals surface area (Å²) in [5, 5.41) is 0. The maximum absolute atomic E-state index is 0. The van der Waals surface area contributed by atoms with Crippen LogP contribution in [-0.4, -0.2) is 0 Å². The second-order valence-electron chi connectivity index (χ2n) is 0. The van der Waals surface area contributed by atoms with Crippen molar-refractivity contribution in [2.75, 3.05) is 0 Å². The van der Waals surface area contributed by atoms with Gasteiger partial charge >= 0.3 is 29.6 Å². The van der Waals surface area contributed by atoms with Gasteiger partial charge in [-0.25, -0.2) is 0 Å². The molecule has 0 aliphatic carbocycles. The Labute approximate surface area is 80.5 Å². The fourth-order valence-electron chi connectivity index (χ4n) is 0. The van der Waals surface area contributed by atoms with Crippen LogP contribution in [0.25, 0.3) is 0 Å². The smallest absolute Gasteiger partial charge is 1.00 e. The number of hydrogen-bond acceptors (Lipinski definition) is 0. The Balaban J connectivity index is 0. The van der Waals surface area contributed by atoms with Crippen molar-refractivity contribution >= 4 is 0 Å². The molecular formula is HCuFeNaNi. The molecule has 0 N–H and O–H groups in total. The van der Waals surface area contributed by atoms with Crippen molar-refractivity contribution in [2.45, 2.75) is 0 Å². The van der Waals surface area contributed by atoms with Gasteiger partial charge in [-0.3, -0.25) is 0 Å². The molecule has 0 aliphatic rings. The number of hydrogen-bond donors (Lipinski definition) is 0. The Hall–Kier alpha value is 2.53. The van der Waals surface area contributed by atoms with E-state index in [1.165, 1.54) is 0 Å². The molecule has 0 heterocycles. The molecule has 0 spiro atoms. The van der Waals surface area contributed by atoms with Gasteiger partial charge in [-0.15, -0.1) is 0 Å². The zero-order valence-electron chi connectivity index (χ0n) is 2.97. The zero-order chi connectivity index (χ0) is 0. The molecule has 0 aromatic carbocycles. The third-order valence-electron chi connectivity index (χ3n) is 0. The van der Waals surface area contributed by atoms with Gasteiger partial charge in [0.1, 0.15) is 0 Å². The van der Waals surface area contributed by atoms with Gasteiger partial charge in [0.15, 0.2) is 0 Å². The summed E-state index contributed by atoms with van der Waals surface area (Å²) in [6.45, 7) is 0. The van der Waals surface area contributed by atoms with Gasteiger partial charge in [-0.2, -0.15) is 0 Å². The summed E-state index contributed by atoms with van der Waals surface area (Å²) in [7, 11) is 0. The first kappa shape index (κ1) is 31.2. The predicted molar refractivity (Wildman–Crippen MR) is 1.11 cm³/mol. The first-order valence-corrected chi connectivity index (χ1v) is 0. The molecule has 0 amide bonds. The van der Waals surface area contributed by atoms with Crippen LogP contribution in [0.1, 0.15) is 1.43 Å². The van der Waals surface area contributed by atoms with E-state index < -0.39 is 0 Å². The largest absolute Gasteiger partial charge is 1.00 e. The van der Waals surface area contributed by atoms with E-state index in [0.717, 1.165) is 0 Å². The molecule has 0 aromatic heterocycles. The van der Waals surface area contributed by atoms with Gasteiger partial charge in [0.2, 0.25) is 0 Å². The fourth-order valence-corrected chi connectivity index (χ4v) is 0. The topological polar surface area (TPSA) is 0 Å². The van der Waals surface area contributed by atoms with Crippen molar-refractivity contribution < 1.29 is 81.6 Å². The van der Waals surface area contributed by atoms with Crippen LogP contribution in [0.3, 0.4) is 0 Å². The van der Waals surface area contributed by atoms with Crippen LogP contribution in [-0.2, 0) is 50.6 Å². The minimum absolute atomic E-state index is 0. The quantitative estimate of drug-likeness (QED) is 0.370. The average Bonchev–Trinajstić information content (AvgIpc) is 0. The Morgan fingerprint density at radius 3 is 1.25 bits per heavy atom. The van der Waals surface area contributed by atoms with E-state index in [-0.39, 0.29) is 81.6 Å². The van der Waals surface area contributed by atoms with Crippen molar-refractivity contribution in [2.24, 2.45) is 0 Å². The van der Waals surface area contributed by atoms with Gasteiger partial charge in [-0.1, -0.05) is 0 Å². The van der Waals surface area contributed by atoms with E-state index in [2.05, 4.69) is 0 Å². The van der Waals surface area contributed by atoms with Crippen LogP contribution in [0, 0.1) is 0 Å². The summed E-state index contributed by atoms with van der Waals surface area (Å²) in [5.41, 5.74) is 0. The van der Waals surface area contributed by atoms with Crippen LogP contribution in [0.5, 0.6) is 0 Å². The molecule has 4 heteroatoms. The minimum atomic E-state index is 0. The summed E-state index contributed by atoms with van der Waals surface area (Å²) in [4.78, 5) is 0. The van der Waals surface area contributed by atoms with E-state index in [9.17, 15) is 0 Å². The van der Waals surface area contributed by atoms with E-state index in [4.69, 9.17) is 0 Å². The molecule has 0 nitrogen and oxygen atoms in total. The van der Waals surface area contributed by atoms with Gasteiger partial charge < -0.3 is 1.43 Å². The Morgan fingerprint density at radius 2 is 1.25 bits per heavy atom. The van der Waals surface area contributed by atoms with Crippen molar-refractivity contribution in [3.05, 3.63) is 0 Å². The summed E-state index contributed by atoms with van der Waals surface area (Å²) < 4.78 is 0. The molecule has 0 atom stereocenters. The predicted octanol–water partition coefficient (Wildman–Crippen LogP) is -2.89. The van der Waals surface area contributed by atoms with Crippen molar-refractivity contribution in [3.8, 4) is 0 Å². The Morgan fingerprint density at radius 1 is 1.25 bits per heavy atom. The summed E-state index contributed by atoms with van der Waals surface area (Å²) in [6.07, 6.45) is 0. The minimum Gasteiger partial charge on any atom is -1.00 e. The summed E-state index contributed by atoms with van der Waals surface area (Å²) in [6, 6.07) is 0. The third-order valence-corrected chi connectivity index (χ3v) is 0. The normalized spacial score (nSPS) is 0. The summed E-state index contributed by atoms with van der Waals surface area (Å²) in [5.74, 6) is 0. The summed E-state index contributed by atoms with van der Waals surface area (Å²) >= 11 is 0. The van der Waals surface area contributed by atoms with Gasteiger partial charge in [0.25, 0.3) is 0 Å².